The number of thiazole rings is 1. The van der Waals surface area contributed by atoms with E-state index in [2.05, 4.69) is 15.3 Å². The van der Waals surface area contributed by atoms with Gasteiger partial charge in [-0.2, -0.15) is 0 Å². The summed E-state index contributed by atoms with van der Waals surface area (Å²) in [5, 5.41) is 5.68. The smallest absolute Gasteiger partial charge is 0.287 e. The first kappa shape index (κ1) is 13.5. The first-order valence-electron chi connectivity index (χ1n) is 6.42. The number of carbonyl (C=O) groups excluding carboxylic acids is 1. The zero-order valence-corrected chi connectivity index (χ0v) is 12.2. The van der Waals surface area contributed by atoms with Crippen molar-refractivity contribution in [3.05, 3.63) is 58.4 Å². The van der Waals surface area contributed by atoms with Crippen LogP contribution in [0.2, 0.25) is 0 Å². The normalized spacial score (nSPS) is 10.5. The molecule has 5 nitrogen and oxygen atoms in total. The molecule has 0 aliphatic heterocycles. The zero-order chi connectivity index (χ0) is 14.7. The number of nitrogens with one attached hydrogen (secondary N) is 1. The third-order valence-corrected chi connectivity index (χ3v) is 3.68. The van der Waals surface area contributed by atoms with Gasteiger partial charge >= 0.3 is 0 Å². The van der Waals surface area contributed by atoms with E-state index in [1.54, 1.807) is 35.9 Å². The number of rotatable bonds is 4. The molecule has 0 radical (unpaired) electrons. The third kappa shape index (κ3) is 3.17. The summed E-state index contributed by atoms with van der Waals surface area (Å²) in [7, 11) is 0. The average Bonchev–Trinajstić information content (AvgIpc) is 3.14. The van der Waals surface area contributed by atoms with E-state index in [1.165, 1.54) is 0 Å². The van der Waals surface area contributed by atoms with Gasteiger partial charge in [-0.3, -0.25) is 9.78 Å². The molecule has 1 N–H and O–H groups in total. The number of aryl methyl sites for hydroxylation is 1. The van der Waals surface area contributed by atoms with Crippen molar-refractivity contribution in [2.75, 3.05) is 0 Å². The Morgan fingerprint density at radius 2 is 2.10 bits per heavy atom. The number of aromatic nitrogens is 2. The average molecular weight is 299 g/mol. The van der Waals surface area contributed by atoms with Crippen molar-refractivity contribution in [2.24, 2.45) is 0 Å². The van der Waals surface area contributed by atoms with Crippen molar-refractivity contribution in [1.82, 2.24) is 15.3 Å². The molecule has 3 aromatic heterocycles. The van der Waals surface area contributed by atoms with Crippen LogP contribution in [0.3, 0.4) is 0 Å². The molecule has 0 bridgehead atoms. The fraction of sp³-hybridized carbons (Fsp3) is 0.133. The molecule has 3 heterocycles. The Labute approximate surface area is 125 Å². The molecule has 0 unspecified atom stereocenters. The van der Waals surface area contributed by atoms with Crippen LogP contribution in [0.25, 0.3) is 11.5 Å². The fourth-order valence-electron chi connectivity index (χ4n) is 1.84. The number of furan rings is 1. The molecule has 3 rings (SSSR count). The van der Waals surface area contributed by atoms with Gasteiger partial charge in [0.05, 0.1) is 5.01 Å². The Kier molecular flexibility index (Phi) is 3.79. The predicted molar refractivity (Wildman–Crippen MR) is 80.0 cm³/mol. The van der Waals surface area contributed by atoms with Crippen LogP contribution in [0.5, 0.6) is 0 Å². The number of hydrogen-bond donors (Lipinski definition) is 1. The van der Waals surface area contributed by atoms with Crippen LogP contribution in [0, 0.1) is 6.92 Å². The second-order valence-corrected chi connectivity index (χ2v) is 5.52. The van der Waals surface area contributed by atoms with Gasteiger partial charge in [0, 0.05) is 24.3 Å². The molecule has 3 aromatic rings. The van der Waals surface area contributed by atoms with Gasteiger partial charge in [0.2, 0.25) is 0 Å². The molecule has 0 fully saturated rings. The lowest BCUT2D eigenvalue weighted by Gasteiger charge is -2.02. The lowest BCUT2D eigenvalue weighted by Crippen LogP contribution is -2.22. The van der Waals surface area contributed by atoms with Crippen molar-refractivity contribution < 1.29 is 9.21 Å². The van der Waals surface area contributed by atoms with Crippen molar-refractivity contribution in [3.63, 3.8) is 0 Å². The highest BCUT2D eigenvalue weighted by Gasteiger charge is 2.13. The molecule has 106 valence electrons. The Morgan fingerprint density at radius 1 is 1.29 bits per heavy atom. The highest BCUT2D eigenvalue weighted by molar-refractivity contribution is 7.09. The topological polar surface area (TPSA) is 68.0 Å². The summed E-state index contributed by atoms with van der Waals surface area (Å²) in [6, 6.07) is 7.12. The van der Waals surface area contributed by atoms with Gasteiger partial charge in [0.25, 0.3) is 5.91 Å². The van der Waals surface area contributed by atoms with E-state index < -0.39 is 0 Å². The summed E-state index contributed by atoms with van der Waals surface area (Å²) in [6.45, 7) is 2.37. The second kappa shape index (κ2) is 5.88. The van der Waals surface area contributed by atoms with E-state index >= 15 is 0 Å². The van der Waals surface area contributed by atoms with Crippen LogP contribution < -0.4 is 5.32 Å². The van der Waals surface area contributed by atoms with Crippen LogP contribution in [-0.4, -0.2) is 15.9 Å². The molecular formula is C15H13N3O2S. The molecule has 0 aliphatic rings. The predicted octanol–water partition coefficient (Wildman–Crippen LogP) is 3.04. The molecule has 0 saturated carbocycles. The van der Waals surface area contributed by atoms with Gasteiger partial charge in [0.15, 0.2) is 11.5 Å². The molecule has 0 saturated heterocycles. The quantitative estimate of drug-likeness (QED) is 0.804. The molecule has 6 heteroatoms. The minimum absolute atomic E-state index is 0.245. The monoisotopic (exact) mass is 299 g/mol. The van der Waals surface area contributed by atoms with E-state index in [4.69, 9.17) is 4.42 Å². The summed E-state index contributed by atoms with van der Waals surface area (Å²) >= 11 is 1.55. The van der Waals surface area contributed by atoms with E-state index in [1.807, 2.05) is 24.4 Å². The van der Waals surface area contributed by atoms with Crippen LogP contribution in [-0.2, 0) is 6.54 Å². The SMILES string of the molecule is Cc1nc(-c2ccc(C(=O)NCc3ccncc3)o2)cs1. The van der Waals surface area contributed by atoms with Gasteiger partial charge in [-0.1, -0.05) is 0 Å². The van der Waals surface area contributed by atoms with Crippen molar-refractivity contribution in [2.45, 2.75) is 13.5 Å². The van der Waals surface area contributed by atoms with E-state index in [0.29, 0.717) is 12.3 Å². The maximum atomic E-state index is 12.0. The molecule has 1 amide bonds. The van der Waals surface area contributed by atoms with Gasteiger partial charge in [-0.05, 0) is 36.8 Å². The van der Waals surface area contributed by atoms with E-state index in [9.17, 15) is 4.79 Å². The summed E-state index contributed by atoms with van der Waals surface area (Å²) in [6.07, 6.45) is 3.38. The van der Waals surface area contributed by atoms with Crippen LogP contribution in [0.1, 0.15) is 21.1 Å². The lowest BCUT2D eigenvalue weighted by atomic mass is 10.2. The highest BCUT2D eigenvalue weighted by Crippen LogP contribution is 2.23. The minimum Gasteiger partial charge on any atom is -0.449 e. The number of hydrogen-bond acceptors (Lipinski definition) is 5. The van der Waals surface area contributed by atoms with Gasteiger partial charge in [-0.25, -0.2) is 4.98 Å². The fourth-order valence-corrected chi connectivity index (χ4v) is 2.45. The molecule has 0 spiro atoms. The largest absolute Gasteiger partial charge is 0.449 e. The van der Waals surface area contributed by atoms with E-state index in [0.717, 1.165) is 16.3 Å². The third-order valence-electron chi connectivity index (χ3n) is 2.90. The summed E-state index contributed by atoms with van der Waals surface area (Å²) < 4.78 is 5.55. The first-order chi connectivity index (χ1) is 10.2. The van der Waals surface area contributed by atoms with Crippen LogP contribution in [0.4, 0.5) is 0 Å². The second-order valence-electron chi connectivity index (χ2n) is 4.45. The molecule has 21 heavy (non-hydrogen) atoms. The number of pyridine rings is 1. The Hall–Kier alpha value is -2.47. The lowest BCUT2D eigenvalue weighted by molar-refractivity contribution is 0.0924. The first-order valence-corrected chi connectivity index (χ1v) is 7.30. The van der Waals surface area contributed by atoms with Gasteiger partial charge in [0.1, 0.15) is 5.69 Å². The number of carbonyl (C=O) groups is 1. The number of amides is 1. The van der Waals surface area contributed by atoms with Gasteiger partial charge in [-0.15, -0.1) is 11.3 Å². The van der Waals surface area contributed by atoms with Crippen molar-refractivity contribution in [3.8, 4) is 11.5 Å². The molecular weight excluding hydrogens is 286 g/mol. The molecule has 0 aromatic carbocycles. The van der Waals surface area contributed by atoms with Crippen molar-refractivity contribution >= 4 is 17.2 Å². The maximum Gasteiger partial charge on any atom is 0.287 e. The van der Waals surface area contributed by atoms with Crippen LogP contribution in [0.15, 0.2) is 46.5 Å². The Morgan fingerprint density at radius 3 is 2.81 bits per heavy atom. The maximum absolute atomic E-state index is 12.0. The van der Waals surface area contributed by atoms with Crippen LogP contribution >= 0.6 is 11.3 Å². The molecule has 0 aliphatic carbocycles. The standard InChI is InChI=1S/C15H13N3O2S/c1-10-18-12(9-21-10)13-2-3-14(20-13)15(19)17-8-11-4-6-16-7-5-11/h2-7,9H,8H2,1H3,(H,17,19). The Bertz CT molecular complexity index is 749. The van der Waals surface area contributed by atoms with E-state index in [-0.39, 0.29) is 11.7 Å². The molecule has 0 atom stereocenters. The zero-order valence-electron chi connectivity index (χ0n) is 11.4. The van der Waals surface area contributed by atoms with Gasteiger partial charge < -0.3 is 9.73 Å². The number of nitrogens with zero attached hydrogens (tertiary/aromatic N) is 2. The summed E-state index contributed by atoms with van der Waals surface area (Å²) in [5.41, 5.74) is 1.74. The Balaban J connectivity index is 1.67. The highest BCUT2D eigenvalue weighted by atomic mass is 32.1. The minimum atomic E-state index is -0.245. The van der Waals surface area contributed by atoms with Crippen molar-refractivity contribution in [1.29, 1.82) is 0 Å². The summed E-state index contributed by atoms with van der Waals surface area (Å²) in [5.74, 6) is 0.642. The summed E-state index contributed by atoms with van der Waals surface area (Å²) in [4.78, 5) is 20.3.